The van der Waals surface area contributed by atoms with Crippen molar-refractivity contribution in [1.82, 2.24) is 4.90 Å². The highest BCUT2D eigenvalue weighted by Gasteiger charge is 2.13. The van der Waals surface area contributed by atoms with Crippen LogP contribution in [-0.4, -0.2) is 24.5 Å². The third-order valence-corrected chi connectivity index (χ3v) is 2.24. The maximum atomic E-state index is 8.69. The third-order valence-electron chi connectivity index (χ3n) is 2.24. The van der Waals surface area contributed by atoms with Gasteiger partial charge in [0.25, 0.3) is 0 Å². The standard InChI is InChI=1S/C9H14N2/c1-3-11-5-4-9(6-10)8(2)7-11/h3-5,7H2,1-2H3. The van der Waals surface area contributed by atoms with Crippen molar-refractivity contribution < 1.29 is 0 Å². The molecule has 2 heteroatoms. The average molecular weight is 150 g/mol. The van der Waals surface area contributed by atoms with Gasteiger partial charge in [-0.3, -0.25) is 4.90 Å². The van der Waals surface area contributed by atoms with Crippen LogP contribution in [0.5, 0.6) is 0 Å². The zero-order valence-corrected chi connectivity index (χ0v) is 7.22. The molecule has 0 radical (unpaired) electrons. The van der Waals surface area contributed by atoms with Gasteiger partial charge in [0.05, 0.1) is 6.07 Å². The van der Waals surface area contributed by atoms with Gasteiger partial charge in [0.2, 0.25) is 0 Å². The van der Waals surface area contributed by atoms with E-state index in [0.29, 0.717) is 0 Å². The monoisotopic (exact) mass is 150 g/mol. The van der Waals surface area contributed by atoms with E-state index in [1.807, 2.05) is 0 Å². The second-order valence-electron chi connectivity index (χ2n) is 2.99. The van der Waals surface area contributed by atoms with Crippen LogP contribution in [0.3, 0.4) is 0 Å². The first-order valence-electron chi connectivity index (χ1n) is 4.09. The van der Waals surface area contributed by atoms with E-state index < -0.39 is 0 Å². The van der Waals surface area contributed by atoms with Crippen LogP contribution in [-0.2, 0) is 0 Å². The molecule has 0 spiro atoms. The van der Waals surface area contributed by atoms with Crippen LogP contribution in [0.1, 0.15) is 20.3 Å². The second-order valence-corrected chi connectivity index (χ2v) is 2.99. The minimum atomic E-state index is 0.941. The molecule has 0 atom stereocenters. The SMILES string of the molecule is CCN1CCC(C#N)=C(C)C1. The lowest BCUT2D eigenvalue weighted by molar-refractivity contribution is 0.303. The van der Waals surface area contributed by atoms with Gasteiger partial charge in [-0.05, 0) is 25.5 Å². The molecule has 0 saturated carbocycles. The summed E-state index contributed by atoms with van der Waals surface area (Å²) in [5, 5.41) is 8.69. The van der Waals surface area contributed by atoms with Crippen molar-refractivity contribution in [2.45, 2.75) is 20.3 Å². The minimum Gasteiger partial charge on any atom is -0.299 e. The van der Waals surface area contributed by atoms with Crippen molar-refractivity contribution in [3.63, 3.8) is 0 Å². The topological polar surface area (TPSA) is 27.0 Å². The Morgan fingerprint density at radius 3 is 2.82 bits per heavy atom. The molecule has 1 rings (SSSR count). The first-order valence-corrected chi connectivity index (χ1v) is 4.09. The molecule has 11 heavy (non-hydrogen) atoms. The van der Waals surface area contributed by atoms with Crippen LogP contribution in [0.4, 0.5) is 0 Å². The van der Waals surface area contributed by atoms with Crippen LogP contribution >= 0.6 is 0 Å². The van der Waals surface area contributed by atoms with Crippen molar-refractivity contribution in [2.75, 3.05) is 19.6 Å². The van der Waals surface area contributed by atoms with Crippen molar-refractivity contribution in [3.8, 4) is 6.07 Å². The van der Waals surface area contributed by atoms with Crippen LogP contribution in [0, 0.1) is 11.3 Å². The summed E-state index contributed by atoms with van der Waals surface area (Å²) in [6.07, 6.45) is 0.941. The molecule has 0 aromatic rings. The summed E-state index contributed by atoms with van der Waals surface area (Å²) in [6.45, 7) is 7.34. The van der Waals surface area contributed by atoms with Gasteiger partial charge >= 0.3 is 0 Å². The molecule has 0 N–H and O–H groups in total. The summed E-state index contributed by atoms with van der Waals surface area (Å²) in [7, 11) is 0. The highest BCUT2D eigenvalue weighted by molar-refractivity contribution is 5.29. The fourth-order valence-electron chi connectivity index (χ4n) is 1.41. The third kappa shape index (κ3) is 1.81. The molecule has 0 unspecified atom stereocenters. The molecule has 0 fully saturated rings. The molecule has 0 saturated heterocycles. The molecular weight excluding hydrogens is 136 g/mol. The summed E-state index contributed by atoms with van der Waals surface area (Å²) in [6, 6.07) is 2.25. The van der Waals surface area contributed by atoms with Crippen molar-refractivity contribution in [3.05, 3.63) is 11.1 Å². The predicted molar refractivity (Wildman–Crippen MR) is 45.0 cm³/mol. The maximum Gasteiger partial charge on any atom is 0.0947 e. The first-order chi connectivity index (χ1) is 5.27. The Morgan fingerprint density at radius 1 is 1.64 bits per heavy atom. The van der Waals surface area contributed by atoms with Gasteiger partial charge in [-0.2, -0.15) is 5.26 Å². The van der Waals surface area contributed by atoms with Crippen molar-refractivity contribution in [2.24, 2.45) is 0 Å². The first kappa shape index (κ1) is 8.29. The van der Waals surface area contributed by atoms with Crippen molar-refractivity contribution in [1.29, 1.82) is 5.26 Å². The molecule has 1 aliphatic heterocycles. The quantitative estimate of drug-likeness (QED) is 0.567. The van der Waals surface area contributed by atoms with Crippen LogP contribution in [0.15, 0.2) is 11.1 Å². The average Bonchev–Trinajstić information content (AvgIpc) is 2.04. The number of nitrogens with zero attached hydrogens (tertiary/aromatic N) is 2. The zero-order valence-electron chi connectivity index (χ0n) is 7.22. The molecule has 1 aliphatic rings. The summed E-state index contributed by atoms with van der Waals surface area (Å²) in [4.78, 5) is 2.36. The molecular formula is C9H14N2. The molecule has 0 aromatic carbocycles. The number of likely N-dealkylation sites (N-methyl/N-ethyl adjacent to an activating group) is 1. The normalized spacial score (nSPS) is 20.1. The predicted octanol–water partition coefficient (Wildman–Crippen LogP) is 1.55. The van der Waals surface area contributed by atoms with E-state index in [1.54, 1.807) is 0 Å². The number of rotatable bonds is 1. The van der Waals surface area contributed by atoms with E-state index >= 15 is 0 Å². The number of hydrogen-bond acceptors (Lipinski definition) is 2. The summed E-state index contributed by atoms with van der Waals surface area (Å²) in [5.74, 6) is 0. The summed E-state index contributed by atoms with van der Waals surface area (Å²) < 4.78 is 0. The summed E-state index contributed by atoms with van der Waals surface area (Å²) >= 11 is 0. The lowest BCUT2D eigenvalue weighted by Gasteiger charge is -2.25. The molecule has 60 valence electrons. The van der Waals surface area contributed by atoms with E-state index in [2.05, 4.69) is 24.8 Å². The van der Waals surface area contributed by atoms with Gasteiger partial charge in [0.15, 0.2) is 0 Å². The minimum absolute atomic E-state index is 0.941. The lowest BCUT2D eigenvalue weighted by Crippen LogP contribution is -2.30. The van der Waals surface area contributed by atoms with E-state index in [-0.39, 0.29) is 0 Å². The van der Waals surface area contributed by atoms with E-state index in [0.717, 1.165) is 31.6 Å². The van der Waals surface area contributed by atoms with Crippen molar-refractivity contribution >= 4 is 0 Å². The Hall–Kier alpha value is -0.810. The van der Waals surface area contributed by atoms with Crippen LogP contribution < -0.4 is 0 Å². The van der Waals surface area contributed by atoms with E-state index in [4.69, 9.17) is 5.26 Å². The molecule has 0 bridgehead atoms. The highest BCUT2D eigenvalue weighted by atomic mass is 15.1. The summed E-state index contributed by atoms with van der Waals surface area (Å²) in [5.41, 5.74) is 2.25. The Bertz CT molecular complexity index is 210. The fraction of sp³-hybridized carbons (Fsp3) is 0.667. The molecule has 2 nitrogen and oxygen atoms in total. The largest absolute Gasteiger partial charge is 0.299 e. The van der Waals surface area contributed by atoms with Crippen LogP contribution in [0.2, 0.25) is 0 Å². The van der Waals surface area contributed by atoms with Gasteiger partial charge in [0, 0.05) is 18.7 Å². The zero-order chi connectivity index (χ0) is 8.27. The number of nitriles is 1. The number of hydrogen-bond donors (Lipinski definition) is 0. The Balaban J connectivity index is 2.65. The highest BCUT2D eigenvalue weighted by Crippen LogP contribution is 2.15. The Morgan fingerprint density at radius 2 is 2.36 bits per heavy atom. The Labute approximate surface area is 68.1 Å². The van der Waals surface area contributed by atoms with Gasteiger partial charge in [-0.25, -0.2) is 0 Å². The smallest absolute Gasteiger partial charge is 0.0947 e. The maximum absolute atomic E-state index is 8.69. The molecule has 0 amide bonds. The second kappa shape index (κ2) is 3.54. The van der Waals surface area contributed by atoms with Crippen LogP contribution in [0.25, 0.3) is 0 Å². The van der Waals surface area contributed by atoms with Gasteiger partial charge in [0.1, 0.15) is 0 Å². The molecule has 0 aromatic heterocycles. The van der Waals surface area contributed by atoms with E-state index in [1.165, 1.54) is 5.57 Å². The molecule has 0 aliphatic carbocycles. The lowest BCUT2D eigenvalue weighted by atomic mass is 10.0. The van der Waals surface area contributed by atoms with Gasteiger partial charge < -0.3 is 0 Å². The van der Waals surface area contributed by atoms with E-state index in [9.17, 15) is 0 Å². The van der Waals surface area contributed by atoms with Gasteiger partial charge in [-0.15, -0.1) is 0 Å². The Kier molecular flexibility index (Phi) is 2.67. The molecule has 1 heterocycles. The van der Waals surface area contributed by atoms with Gasteiger partial charge in [-0.1, -0.05) is 6.92 Å². The fourth-order valence-corrected chi connectivity index (χ4v) is 1.41.